The first-order valence-electron chi connectivity index (χ1n) is 6.08. The summed E-state index contributed by atoms with van der Waals surface area (Å²) in [6.07, 6.45) is 4.88. The summed E-state index contributed by atoms with van der Waals surface area (Å²) in [6, 6.07) is 0. The zero-order valence-electron chi connectivity index (χ0n) is 10.1. The van der Waals surface area contributed by atoms with E-state index in [0.717, 1.165) is 17.1 Å². The number of hydrogen-bond donors (Lipinski definition) is 1. The Bertz CT molecular complexity index is 534. The van der Waals surface area contributed by atoms with Crippen molar-refractivity contribution < 1.29 is 9.53 Å². The highest BCUT2D eigenvalue weighted by atomic mass is 32.1. The maximum Gasteiger partial charge on any atom is 0.226 e. The molecule has 0 bridgehead atoms. The standard InChI is InChI=1S/C12H15N3O2S/c1-2-17-10-5-9(10)11(16)13-6-8-7-15-3-4-18-12(15)14-8/h3-4,7,9-10H,2,5-6H2,1H3,(H,13,16). The minimum Gasteiger partial charge on any atom is -0.378 e. The maximum atomic E-state index is 11.8. The number of ether oxygens (including phenoxy) is 1. The second-order valence-electron chi connectivity index (χ2n) is 4.38. The van der Waals surface area contributed by atoms with Crippen LogP contribution in [0.2, 0.25) is 0 Å². The Morgan fingerprint density at radius 1 is 1.72 bits per heavy atom. The van der Waals surface area contributed by atoms with Crippen LogP contribution in [0, 0.1) is 5.92 Å². The lowest BCUT2D eigenvalue weighted by atomic mass is 10.3. The summed E-state index contributed by atoms with van der Waals surface area (Å²) in [5.41, 5.74) is 0.892. The van der Waals surface area contributed by atoms with E-state index in [4.69, 9.17) is 4.74 Å². The monoisotopic (exact) mass is 265 g/mol. The van der Waals surface area contributed by atoms with Crippen LogP contribution in [0.5, 0.6) is 0 Å². The van der Waals surface area contributed by atoms with Gasteiger partial charge in [-0.05, 0) is 13.3 Å². The number of thiazole rings is 1. The highest BCUT2D eigenvalue weighted by molar-refractivity contribution is 7.15. The minimum atomic E-state index is 0.0358. The molecule has 2 heterocycles. The van der Waals surface area contributed by atoms with Crippen molar-refractivity contribution in [2.45, 2.75) is 26.0 Å². The number of aromatic nitrogens is 2. The minimum absolute atomic E-state index is 0.0358. The van der Waals surface area contributed by atoms with E-state index in [0.29, 0.717) is 13.2 Å². The number of rotatable bonds is 5. The second kappa shape index (κ2) is 4.70. The van der Waals surface area contributed by atoms with Crippen LogP contribution in [0.15, 0.2) is 17.8 Å². The molecule has 5 nitrogen and oxygen atoms in total. The van der Waals surface area contributed by atoms with Crippen LogP contribution in [0.4, 0.5) is 0 Å². The summed E-state index contributed by atoms with van der Waals surface area (Å²) in [5.74, 6) is 0.110. The predicted octanol–water partition coefficient (Wildman–Crippen LogP) is 1.44. The molecule has 0 radical (unpaired) electrons. The van der Waals surface area contributed by atoms with Crippen LogP contribution in [0.25, 0.3) is 4.96 Å². The van der Waals surface area contributed by atoms with Gasteiger partial charge in [-0.3, -0.25) is 9.20 Å². The smallest absolute Gasteiger partial charge is 0.226 e. The number of hydrogen-bond acceptors (Lipinski definition) is 4. The maximum absolute atomic E-state index is 11.8. The Morgan fingerprint density at radius 3 is 3.39 bits per heavy atom. The zero-order chi connectivity index (χ0) is 12.5. The van der Waals surface area contributed by atoms with E-state index in [1.165, 1.54) is 0 Å². The van der Waals surface area contributed by atoms with Crippen molar-refractivity contribution in [2.75, 3.05) is 6.61 Å². The van der Waals surface area contributed by atoms with Gasteiger partial charge in [-0.1, -0.05) is 0 Å². The normalized spacial score (nSPS) is 22.3. The van der Waals surface area contributed by atoms with Gasteiger partial charge < -0.3 is 10.1 Å². The van der Waals surface area contributed by atoms with Gasteiger partial charge in [0.1, 0.15) is 0 Å². The van der Waals surface area contributed by atoms with Crippen molar-refractivity contribution in [2.24, 2.45) is 5.92 Å². The van der Waals surface area contributed by atoms with Crippen molar-refractivity contribution in [3.63, 3.8) is 0 Å². The Hall–Kier alpha value is -1.40. The number of carbonyl (C=O) groups excluding carboxylic acids is 1. The van der Waals surface area contributed by atoms with Gasteiger partial charge in [-0.2, -0.15) is 0 Å². The molecule has 2 atom stereocenters. The average Bonchev–Trinajstić information content (AvgIpc) is 2.81. The van der Waals surface area contributed by atoms with E-state index < -0.39 is 0 Å². The molecule has 1 aliphatic carbocycles. The van der Waals surface area contributed by atoms with Gasteiger partial charge in [0.15, 0.2) is 4.96 Å². The van der Waals surface area contributed by atoms with Crippen LogP contribution in [0.1, 0.15) is 19.0 Å². The summed E-state index contributed by atoms with van der Waals surface area (Å²) in [4.78, 5) is 17.2. The van der Waals surface area contributed by atoms with Gasteiger partial charge in [0, 0.05) is 24.4 Å². The third-order valence-corrected chi connectivity index (χ3v) is 3.81. The van der Waals surface area contributed by atoms with Crippen LogP contribution >= 0.6 is 11.3 Å². The first-order chi connectivity index (χ1) is 8.78. The molecule has 1 aliphatic rings. The summed E-state index contributed by atoms with van der Waals surface area (Å²) in [6.45, 7) is 3.11. The van der Waals surface area contributed by atoms with Crippen LogP contribution < -0.4 is 5.32 Å². The summed E-state index contributed by atoms with van der Waals surface area (Å²) in [7, 11) is 0. The average molecular weight is 265 g/mol. The Kier molecular flexibility index (Phi) is 3.05. The van der Waals surface area contributed by atoms with Gasteiger partial charge in [0.25, 0.3) is 0 Å². The summed E-state index contributed by atoms with van der Waals surface area (Å²) in [5, 5.41) is 4.90. The van der Waals surface area contributed by atoms with E-state index >= 15 is 0 Å². The van der Waals surface area contributed by atoms with Crippen molar-refractivity contribution in [1.82, 2.24) is 14.7 Å². The summed E-state index contributed by atoms with van der Waals surface area (Å²) < 4.78 is 7.36. The first kappa shape index (κ1) is 11.7. The molecule has 2 aromatic rings. The quantitative estimate of drug-likeness (QED) is 0.890. The molecule has 18 heavy (non-hydrogen) atoms. The third-order valence-electron chi connectivity index (χ3n) is 3.04. The van der Waals surface area contributed by atoms with Gasteiger partial charge in [0.2, 0.25) is 5.91 Å². The lowest BCUT2D eigenvalue weighted by Gasteiger charge is -2.02. The number of nitrogens with one attached hydrogen (secondary N) is 1. The molecule has 0 aromatic carbocycles. The molecule has 1 amide bonds. The van der Waals surface area contributed by atoms with E-state index in [2.05, 4.69) is 10.3 Å². The lowest BCUT2D eigenvalue weighted by Crippen LogP contribution is -2.26. The molecule has 0 saturated heterocycles. The molecule has 1 saturated carbocycles. The van der Waals surface area contributed by atoms with Crippen molar-refractivity contribution in [3.8, 4) is 0 Å². The molecule has 1 fully saturated rings. The Labute approximate surface area is 109 Å². The number of amides is 1. The largest absolute Gasteiger partial charge is 0.378 e. The van der Waals surface area contributed by atoms with Crippen LogP contribution in [-0.4, -0.2) is 28.0 Å². The SMILES string of the molecule is CCOC1CC1C(=O)NCc1cn2ccsc2n1. The topological polar surface area (TPSA) is 55.6 Å². The van der Waals surface area contributed by atoms with Gasteiger partial charge in [-0.15, -0.1) is 11.3 Å². The third kappa shape index (κ3) is 2.26. The fourth-order valence-corrected chi connectivity index (χ4v) is 2.73. The lowest BCUT2D eigenvalue weighted by molar-refractivity contribution is -0.123. The molecule has 2 unspecified atom stereocenters. The van der Waals surface area contributed by atoms with Crippen LogP contribution in [0.3, 0.4) is 0 Å². The molecular weight excluding hydrogens is 250 g/mol. The van der Waals surface area contributed by atoms with E-state index in [-0.39, 0.29) is 17.9 Å². The molecule has 3 rings (SSSR count). The molecule has 0 aliphatic heterocycles. The second-order valence-corrected chi connectivity index (χ2v) is 5.25. The van der Waals surface area contributed by atoms with Crippen molar-refractivity contribution in [1.29, 1.82) is 0 Å². The van der Waals surface area contributed by atoms with Gasteiger partial charge in [-0.25, -0.2) is 4.98 Å². The highest BCUT2D eigenvalue weighted by Crippen LogP contribution is 2.33. The number of carbonyl (C=O) groups is 1. The van der Waals surface area contributed by atoms with Crippen molar-refractivity contribution in [3.05, 3.63) is 23.5 Å². The van der Waals surface area contributed by atoms with E-state index in [1.54, 1.807) is 11.3 Å². The number of imidazole rings is 1. The summed E-state index contributed by atoms with van der Waals surface area (Å²) >= 11 is 1.59. The van der Waals surface area contributed by atoms with Gasteiger partial charge >= 0.3 is 0 Å². The van der Waals surface area contributed by atoms with E-state index in [1.807, 2.05) is 29.1 Å². The fraction of sp³-hybridized carbons (Fsp3) is 0.500. The predicted molar refractivity (Wildman–Crippen MR) is 68.4 cm³/mol. The molecule has 1 N–H and O–H groups in total. The van der Waals surface area contributed by atoms with Gasteiger partial charge in [0.05, 0.1) is 24.3 Å². The highest BCUT2D eigenvalue weighted by Gasteiger charge is 2.43. The Morgan fingerprint density at radius 2 is 2.61 bits per heavy atom. The van der Waals surface area contributed by atoms with E-state index in [9.17, 15) is 4.79 Å². The molecule has 2 aromatic heterocycles. The first-order valence-corrected chi connectivity index (χ1v) is 6.96. The number of fused-ring (bicyclic) bond motifs is 1. The zero-order valence-corrected chi connectivity index (χ0v) is 10.9. The van der Waals surface area contributed by atoms with Crippen molar-refractivity contribution >= 4 is 22.2 Å². The van der Waals surface area contributed by atoms with Crippen LogP contribution in [-0.2, 0) is 16.1 Å². The molecule has 96 valence electrons. The Balaban J connectivity index is 1.52. The fourth-order valence-electron chi connectivity index (χ4n) is 2.02. The molecule has 6 heteroatoms. The molecular formula is C12H15N3O2S. The number of nitrogens with zero attached hydrogens (tertiary/aromatic N) is 2. The molecule has 0 spiro atoms.